The molecule has 0 radical (unpaired) electrons. The van der Waals surface area contributed by atoms with Gasteiger partial charge in [0, 0.05) is 24.4 Å². The van der Waals surface area contributed by atoms with E-state index in [2.05, 4.69) is 9.50 Å². The maximum absolute atomic E-state index is 12.3. The number of β-lactam (4-membered cyclic amide) rings is 1. The Balaban J connectivity index is 2.10. The molecule has 2 rings (SSSR count). The largest absolute Gasteiger partial charge is 0.477 e. The van der Waals surface area contributed by atoms with Gasteiger partial charge < -0.3 is 15.2 Å². The maximum atomic E-state index is 12.3. The number of thioether (sulfide) groups is 1. The van der Waals surface area contributed by atoms with Crippen LogP contribution in [0.1, 0.15) is 27.2 Å². The van der Waals surface area contributed by atoms with Gasteiger partial charge in [0.2, 0.25) is 5.91 Å². The Morgan fingerprint density at radius 3 is 2.70 bits per heavy atom. The van der Waals surface area contributed by atoms with Crippen molar-refractivity contribution in [2.24, 2.45) is 0 Å². The van der Waals surface area contributed by atoms with Crippen molar-refractivity contribution in [3.05, 3.63) is 22.2 Å². The fraction of sp³-hybridized carbons (Fsp3) is 0.533. The second-order valence-electron chi connectivity index (χ2n) is 5.70. The number of rotatable bonds is 9. The molecule has 27 heavy (non-hydrogen) atoms. The van der Waals surface area contributed by atoms with E-state index in [1.807, 2.05) is 0 Å². The average molecular weight is 420 g/mol. The van der Waals surface area contributed by atoms with Gasteiger partial charge in [-0.05, 0) is 19.3 Å². The van der Waals surface area contributed by atoms with Gasteiger partial charge >= 0.3 is 5.97 Å². The first-order valence-electron chi connectivity index (χ1n) is 8.02. The number of nitrogens with one attached hydrogen (secondary N) is 1. The van der Waals surface area contributed by atoms with Crippen molar-refractivity contribution in [2.45, 2.75) is 44.8 Å². The summed E-state index contributed by atoms with van der Waals surface area (Å²) < 4.78 is 33.7. The van der Waals surface area contributed by atoms with Crippen LogP contribution in [0.15, 0.2) is 22.2 Å². The van der Waals surface area contributed by atoms with Gasteiger partial charge in [0.25, 0.3) is 16.0 Å². The zero-order valence-corrected chi connectivity index (χ0v) is 16.5. The lowest BCUT2D eigenvalue weighted by Crippen LogP contribution is -2.64. The molecule has 0 aromatic rings. The van der Waals surface area contributed by atoms with E-state index in [4.69, 9.17) is 4.74 Å². The molecule has 0 unspecified atom stereocenters. The number of ether oxygens (including phenoxy) is 1. The van der Waals surface area contributed by atoms with E-state index in [1.165, 1.54) is 32.4 Å². The van der Waals surface area contributed by atoms with Crippen LogP contribution in [0.2, 0.25) is 0 Å². The molecule has 150 valence electrons. The molecule has 0 aromatic carbocycles. The summed E-state index contributed by atoms with van der Waals surface area (Å²) in [5.41, 5.74) is -1.53. The number of aliphatic carboxylic acids is 1. The van der Waals surface area contributed by atoms with Gasteiger partial charge in [-0.15, -0.1) is 0 Å². The zero-order valence-electron chi connectivity index (χ0n) is 14.9. The van der Waals surface area contributed by atoms with Crippen molar-refractivity contribution in [3.63, 3.8) is 0 Å². The minimum atomic E-state index is -3.98. The molecule has 2 amide bonds. The number of carboxylic acid groups (broad SMARTS) is 1. The number of hydrogen-bond acceptors (Lipinski definition) is 8. The van der Waals surface area contributed by atoms with Crippen LogP contribution in [-0.4, -0.2) is 60.4 Å². The Labute approximate surface area is 160 Å². The van der Waals surface area contributed by atoms with Gasteiger partial charge in [0.05, 0.1) is 12.6 Å². The van der Waals surface area contributed by atoms with E-state index in [9.17, 15) is 27.9 Å². The summed E-state index contributed by atoms with van der Waals surface area (Å²) in [4.78, 5) is 36.2. The molecule has 10 nitrogen and oxygen atoms in total. The SMILES string of the molecule is CCOS(=O)(=O)[C@@H](C)O[C@H]1C(=O)N2C(C(=O)O)=C(SC=CNC(C)=O)C[C@H]12. The number of fused-ring (bicyclic) bond motifs is 1. The van der Waals surface area contributed by atoms with Crippen molar-refractivity contribution in [3.8, 4) is 0 Å². The van der Waals surface area contributed by atoms with Crippen LogP contribution < -0.4 is 5.32 Å². The molecule has 0 aliphatic carbocycles. The monoisotopic (exact) mass is 420 g/mol. The number of nitrogens with zero attached hydrogens (tertiary/aromatic N) is 1. The highest BCUT2D eigenvalue weighted by Crippen LogP contribution is 2.44. The molecule has 1 saturated heterocycles. The third-order valence-corrected chi connectivity index (χ3v) is 6.26. The third-order valence-electron chi connectivity index (χ3n) is 3.86. The minimum absolute atomic E-state index is 0.0592. The first-order chi connectivity index (χ1) is 12.6. The van der Waals surface area contributed by atoms with Crippen LogP contribution >= 0.6 is 11.8 Å². The fourth-order valence-corrected chi connectivity index (χ4v) is 4.33. The Hall–Kier alpha value is -1.89. The van der Waals surface area contributed by atoms with Crippen LogP contribution in [0.3, 0.4) is 0 Å². The molecule has 2 aliphatic rings. The quantitative estimate of drug-likeness (QED) is 0.399. The number of amides is 2. The molecule has 1 fully saturated rings. The van der Waals surface area contributed by atoms with Crippen molar-refractivity contribution in [1.29, 1.82) is 0 Å². The average Bonchev–Trinajstić information content (AvgIpc) is 2.91. The molecule has 2 N–H and O–H groups in total. The lowest BCUT2D eigenvalue weighted by Gasteiger charge is -2.43. The summed E-state index contributed by atoms with van der Waals surface area (Å²) in [5, 5.41) is 13.3. The van der Waals surface area contributed by atoms with E-state index in [-0.39, 0.29) is 24.6 Å². The Bertz CT molecular complexity index is 805. The first kappa shape index (κ1) is 21.4. The Morgan fingerprint density at radius 1 is 1.48 bits per heavy atom. The summed E-state index contributed by atoms with van der Waals surface area (Å²) in [7, 11) is -3.98. The summed E-state index contributed by atoms with van der Waals surface area (Å²) in [5.74, 6) is -2.16. The molecule has 12 heteroatoms. The van der Waals surface area contributed by atoms with Crippen LogP contribution in [0.5, 0.6) is 0 Å². The standard InChI is InChI=1S/C15H20N2O8S2/c1-4-24-27(22,23)9(3)25-13-10-7-11(26-6-5-16-8(2)18)12(15(20)21)17(10)14(13)19/h5-6,9-10,13H,4,7H2,1-3H3,(H,16,18)(H,20,21)/t9-,10+,13+/m0/s1. The van der Waals surface area contributed by atoms with Gasteiger partial charge in [0.15, 0.2) is 11.5 Å². The second-order valence-corrected chi connectivity index (χ2v) is 8.59. The maximum Gasteiger partial charge on any atom is 0.353 e. The van der Waals surface area contributed by atoms with Gasteiger partial charge in [-0.3, -0.25) is 18.7 Å². The Kier molecular flexibility index (Phi) is 6.68. The summed E-state index contributed by atoms with van der Waals surface area (Å²) in [6.45, 7) is 4.04. The molecular formula is C15H20N2O8S2. The van der Waals surface area contributed by atoms with Crippen molar-refractivity contribution < 1.29 is 36.8 Å². The lowest BCUT2D eigenvalue weighted by atomic mass is 9.98. The number of hydrogen-bond donors (Lipinski definition) is 2. The third kappa shape index (κ3) is 4.51. The minimum Gasteiger partial charge on any atom is -0.477 e. The predicted octanol–water partition coefficient (Wildman–Crippen LogP) is 0.335. The fourth-order valence-electron chi connectivity index (χ4n) is 2.69. The zero-order chi connectivity index (χ0) is 20.4. The van der Waals surface area contributed by atoms with Crippen LogP contribution in [0.4, 0.5) is 0 Å². The number of carbonyl (C=O) groups excluding carboxylic acids is 2. The van der Waals surface area contributed by atoms with Crippen LogP contribution in [-0.2, 0) is 33.4 Å². The summed E-state index contributed by atoms with van der Waals surface area (Å²) >= 11 is 1.06. The van der Waals surface area contributed by atoms with E-state index in [0.717, 1.165) is 16.7 Å². The molecule has 2 aliphatic heterocycles. The summed E-state index contributed by atoms with van der Waals surface area (Å²) in [6.07, 6.45) is 0.498. The van der Waals surface area contributed by atoms with Gasteiger partial charge in [-0.2, -0.15) is 8.42 Å². The molecule has 2 heterocycles. The smallest absolute Gasteiger partial charge is 0.353 e. The van der Waals surface area contributed by atoms with E-state index >= 15 is 0 Å². The van der Waals surface area contributed by atoms with Gasteiger partial charge in [0.1, 0.15) is 5.70 Å². The van der Waals surface area contributed by atoms with Crippen molar-refractivity contribution in [2.75, 3.05) is 6.61 Å². The topological polar surface area (TPSA) is 139 Å². The predicted molar refractivity (Wildman–Crippen MR) is 95.3 cm³/mol. The van der Waals surface area contributed by atoms with E-state index in [0.29, 0.717) is 4.91 Å². The highest BCUT2D eigenvalue weighted by atomic mass is 32.2. The second kappa shape index (κ2) is 8.42. The van der Waals surface area contributed by atoms with Gasteiger partial charge in [-0.1, -0.05) is 11.8 Å². The van der Waals surface area contributed by atoms with Crippen molar-refractivity contribution in [1.82, 2.24) is 10.2 Å². The summed E-state index contributed by atoms with van der Waals surface area (Å²) in [6, 6.07) is -0.598. The number of carbonyl (C=O) groups is 3. The number of carboxylic acids is 1. The normalized spacial score (nSPS) is 23.4. The lowest BCUT2D eigenvalue weighted by molar-refractivity contribution is -0.171. The molecular weight excluding hydrogens is 400 g/mol. The molecule has 0 spiro atoms. The van der Waals surface area contributed by atoms with Crippen LogP contribution in [0.25, 0.3) is 0 Å². The molecule has 0 bridgehead atoms. The highest BCUT2D eigenvalue weighted by molar-refractivity contribution is 8.05. The molecule has 0 aromatic heterocycles. The van der Waals surface area contributed by atoms with E-state index in [1.54, 1.807) is 0 Å². The van der Waals surface area contributed by atoms with Gasteiger partial charge in [-0.25, -0.2) is 4.79 Å². The van der Waals surface area contributed by atoms with E-state index < -0.39 is 39.6 Å². The Morgan fingerprint density at radius 2 is 2.15 bits per heavy atom. The highest BCUT2D eigenvalue weighted by Gasteiger charge is 2.57. The molecule has 0 saturated carbocycles. The molecule has 3 atom stereocenters. The first-order valence-corrected chi connectivity index (χ1v) is 10.4. The van der Waals surface area contributed by atoms with Crippen LogP contribution in [0, 0.1) is 0 Å². The van der Waals surface area contributed by atoms with Crippen molar-refractivity contribution >= 4 is 39.7 Å².